The Morgan fingerprint density at radius 3 is 2.62 bits per heavy atom. The molecule has 1 heterocycles. The molecule has 0 saturated heterocycles. The van der Waals surface area contributed by atoms with Crippen LogP contribution in [0.5, 0.6) is 0 Å². The second-order valence-electron chi connectivity index (χ2n) is 3.02. The summed E-state index contributed by atoms with van der Waals surface area (Å²) >= 11 is -1.23. The number of primary sulfonamides is 1. The van der Waals surface area contributed by atoms with E-state index in [0.717, 1.165) is 11.3 Å². The minimum Gasteiger partial charge on any atom is -0.389 e. The van der Waals surface area contributed by atoms with Crippen molar-refractivity contribution < 1.29 is 17.2 Å². The van der Waals surface area contributed by atoms with E-state index in [2.05, 4.69) is 4.72 Å². The Morgan fingerprint density at radius 1 is 1.62 bits per heavy atom. The summed E-state index contributed by atoms with van der Waals surface area (Å²) in [7, 11) is -3.94. The number of nitrogens with two attached hydrogens (primary N) is 2. The third-order valence-corrected chi connectivity index (χ3v) is 4.37. The maximum atomic E-state index is 11.3. The first-order valence-electron chi connectivity index (χ1n) is 4.00. The lowest BCUT2D eigenvalue weighted by atomic mass is 10.2. The van der Waals surface area contributed by atoms with Crippen molar-refractivity contribution in [3.8, 4) is 0 Å². The molecule has 0 radical (unpaired) electrons. The molecule has 0 spiro atoms. The Morgan fingerprint density at radius 2 is 2.19 bits per heavy atom. The zero-order chi connectivity index (χ0) is 12.5. The third kappa shape index (κ3) is 2.99. The molecule has 92 valence electrons. The van der Waals surface area contributed by atoms with E-state index in [0.29, 0.717) is 0 Å². The predicted octanol–water partition coefficient (Wildman–Crippen LogP) is -0.235. The monoisotopic (exact) mass is 285 g/mol. The Labute approximate surface area is 99.3 Å². The summed E-state index contributed by atoms with van der Waals surface area (Å²) in [4.78, 5) is -0.192. The fourth-order valence-electron chi connectivity index (χ4n) is 1.19. The minimum atomic E-state index is -3.94. The van der Waals surface area contributed by atoms with Gasteiger partial charge in [0.2, 0.25) is 21.3 Å². The molecule has 0 aliphatic heterocycles. The molecule has 0 aromatic carbocycles. The number of hydrogen-bond donors (Lipinski definition) is 4. The summed E-state index contributed by atoms with van der Waals surface area (Å²) < 4.78 is 44.0. The van der Waals surface area contributed by atoms with Crippen molar-refractivity contribution in [3.05, 3.63) is 10.9 Å². The normalized spacial score (nSPS) is 15.9. The van der Waals surface area contributed by atoms with Crippen LogP contribution in [0.25, 0.3) is 0 Å². The Balaban J connectivity index is 3.21. The molecule has 6 N–H and O–H groups in total. The first-order chi connectivity index (χ1) is 7.23. The van der Waals surface area contributed by atoms with Crippen LogP contribution in [0.4, 0.5) is 5.00 Å². The van der Waals surface area contributed by atoms with Gasteiger partial charge in [-0.15, -0.1) is 11.3 Å². The average Bonchev–Trinajstić information content (AvgIpc) is 2.44. The molecule has 0 aliphatic rings. The van der Waals surface area contributed by atoms with Gasteiger partial charge in [0.05, 0.1) is 0 Å². The second kappa shape index (κ2) is 4.77. The van der Waals surface area contributed by atoms with Crippen LogP contribution in [0.1, 0.15) is 18.5 Å². The minimum absolute atomic E-state index is 0.0647. The highest BCUT2D eigenvalue weighted by Crippen LogP contribution is 2.32. The first-order valence-corrected chi connectivity index (χ1v) is 7.53. The molecule has 2 unspecified atom stereocenters. The van der Waals surface area contributed by atoms with E-state index in [1.807, 2.05) is 0 Å². The fourth-order valence-corrected chi connectivity index (χ4v) is 3.84. The van der Waals surface area contributed by atoms with Crippen LogP contribution >= 0.6 is 11.3 Å². The summed E-state index contributed by atoms with van der Waals surface area (Å²) in [5, 5.41) is 6.55. The number of sulfonamides is 1. The molecule has 1 aromatic heterocycles. The summed E-state index contributed by atoms with van der Waals surface area (Å²) in [6, 6.07) is -0.646. The molecule has 1 aromatic rings. The lowest BCUT2D eigenvalue weighted by Crippen LogP contribution is -2.23. The second-order valence-corrected chi connectivity index (χ2v) is 6.16. The summed E-state index contributed by atoms with van der Waals surface area (Å²) in [6.45, 7) is 1.53. The number of anilines is 1. The van der Waals surface area contributed by atoms with Crippen molar-refractivity contribution in [1.82, 2.24) is 4.72 Å². The highest BCUT2D eigenvalue weighted by atomic mass is 32.2. The molecular weight excluding hydrogens is 274 g/mol. The van der Waals surface area contributed by atoms with Crippen molar-refractivity contribution in [2.24, 2.45) is 5.14 Å². The summed E-state index contributed by atoms with van der Waals surface area (Å²) in [5.41, 5.74) is 5.77. The van der Waals surface area contributed by atoms with Gasteiger partial charge in [-0.25, -0.2) is 22.5 Å². The Kier molecular flexibility index (Phi) is 4.04. The van der Waals surface area contributed by atoms with Crippen molar-refractivity contribution in [2.75, 3.05) is 5.73 Å². The molecule has 0 saturated carbocycles. The molecule has 0 amide bonds. The van der Waals surface area contributed by atoms with Crippen LogP contribution in [0.15, 0.2) is 10.3 Å². The highest BCUT2D eigenvalue weighted by Gasteiger charge is 2.24. The van der Waals surface area contributed by atoms with Crippen LogP contribution in [-0.4, -0.2) is 17.2 Å². The largest absolute Gasteiger partial charge is 0.389 e. The number of hydrogen-bond acceptors (Lipinski definition) is 5. The molecule has 0 bridgehead atoms. The summed E-state index contributed by atoms with van der Waals surface area (Å²) in [6.07, 6.45) is 0. The van der Waals surface area contributed by atoms with Crippen molar-refractivity contribution in [1.29, 1.82) is 0 Å². The molecule has 1 rings (SSSR count). The molecule has 0 fully saturated rings. The number of nitrogens with one attached hydrogen (secondary N) is 1. The average molecular weight is 285 g/mol. The molecule has 2 atom stereocenters. The van der Waals surface area contributed by atoms with Gasteiger partial charge in [-0.3, -0.25) is 4.55 Å². The van der Waals surface area contributed by atoms with Gasteiger partial charge < -0.3 is 5.73 Å². The molecular formula is C6H11N3O4S3. The van der Waals surface area contributed by atoms with Crippen LogP contribution in [-0.2, 0) is 21.3 Å². The van der Waals surface area contributed by atoms with Gasteiger partial charge >= 0.3 is 0 Å². The van der Waals surface area contributed by atoms with Crippen LogP contribution in [0.3, 0.4) is 0 Å². The van der Waals surface area contributed by atoms with Crippen molar-refractivity contribution in [3.63, 3.8) is 0 Å². The van der Waals surface area contributed by atoms with Crippen LogP contribution in [0, 0.1) is 0 Å². The van der Waals surface area contributed by atoms with Gasteiger partial charge in [0.25, 0.3) is 0 Å². The van der Waals surface area contributed by atoms with Crippen LogP contribution < -0.4 is 15.6 Å². The standard InChI is InChI=1S/C6H11N3O4S3/c1-3(9-15(10)11)4-2-14-6(7)5(4)16(8,12)13/h2-3,9H,7H2,1H3,(H,10,11)(H2,8,12,13). The van der Waals surface area contributed by atoms with Gasteiger partial charge in [-0.05, 0) is 12.3 Å². The zero-order valence-corrected chi connectivity index (χ0v) is 10.7. The number of nitrogen functional groups attached to an aromatic ring is 1. The summed E-state index contributed by atoms with van der Waals surface area (Å²) in [5.74, 6) is 0. The van der Waals surface area contributed by atoms with E-state index < -0.39 is 27.3 Å². The smallest absolute Gasteiger partial charge is 0.241 e. The Hall–Kier alpha value is -0.520. The highest BCUT2D eigenvalue weighted by molar-refractivity contribution is 7.89. The predicted molar refractivity (Wildman–Crippen MR) is 62.4 cm³/mol. The molecule has 10 heteroatoms. The fraction of sp³-hybridized carbons (Fsp3) is 0.333. The quantitative estimate of drug-likeness (QED) is 0.566. The maximum absolute atomic E-state index is 11.3. The third-order valence-electron chi connectivity index (χ3n) is 1.83. The van der Waals surface area contributed by atoms with Crippen molar-refractivity contribution >= 4 is 37.6 Å². The van der Waals surface area contributed by atoms with Gasteiger partial charge in [-0.1, -0.05) is 0 Å². The van der Waals surface area contributed by atoms with Gasteiger partial charge in [0, 0.05) is 11.6 Å². The van der Waals surface area contributed by atoms with E-state index in [9.17, 15) is 12.6 Å². The lowest BCUT2D eigenvalue weighted by Gasteiger charge is -2.11. The topological polar surface area (TPSA) is 136 Å². The lowest BCUT2D eigenvalue weighted by molar-refractivity contribution is 0.533. The van der Waals surface area contributed by atoms with Crippen molar-refractivity contribution in [2.45, 2.75) is 17.9 Å². The van der Waals surface area contributed by atoms with Crippen LogP contribution in [0.2, 0.25) is 0 Å². The van der Waals surface area contributed by atoms with Gasteiger partial charge in [-0.2, -0.15) is 0 Å². The molecule has 16 heavy (non-hydrogen) atoms. The van der Waals surface area contributed by atoms with Gasteiger partial charge in [0.15, 0.2) is 0 Å². The number of rotatable bonds is 4. The molecule has 0 aliphatic carbocycles. The SMILES string of the molecule is CC(NS(=O)O)c1csc(N)c1S(N)(=O)=O. The maximum Gasteiger partial charge on any atom is 0.241 e. The number of thiophene rings is 1. The zero-order valence-electron chi connectivity index (χ0n) is 8.21. The Bertz CT molecular complexity index is 509. The molecule has 7 nitrogen and oxygen atoms in total. The first kappa shape index (κ1) is 13.5. The van der Waals surface area contributed by atoms with Gasteiger partial charge in [0.1, 0.15) is 9.90 Å². The van der Waals surface area contributed by atoms with E-state index in [-0.39, 0.29) is 15.5 Å². The van der Waals surface area contributed by atoms with E-state index in [4.69, 9.17) is 15.4 Å². The van der Waals surface area contributed by atoms with E-state index in [1.165, 1.54) is 12.3 Å². The van der Waals surface area contributed by atoms with E-state index in [1.54, 1.807) is 0 Å². The van der Waals surface area contributed by atoms with E-state index >= 15 is 0 Å².